The third kappa shape index (κ3) is 2.99. The second kappa shape index (κ2) is 5.81. The van der Waals surface area contributed by atoms with Crippen LogP contribution in [0.1, 0.15) is 38.8 Å². The lowest BCUT2D eigenvalue weighted by Crippen LogP contribution is -2.32. The van der Waals surface area contributed by atoms with Crippen molar-refractivity contribution in [1.82, 2.24) is 10.3 Å². The average molecular weight is 210 g/mol. The van der Waals surface area contributed by atoms with E-state index in [1.807, 2.05) is 0 Å². The Kier molecular flexibility index (Phi) is 4.69. The number of aromatic nitrogens is 1. The molecular formula is C12H19FN2. The summed E-state index contributed by atoms with van der Waals surface area (Å²) in [5.74, 6) is -0.0553. The molecule has 1 aromatic rings. The molecule has 15 heavy (non-hydrogen) atoms. The highest BCUT2D eigenvalue weighted by Crippen LogP contribution is 2.23. The highest BCUT2D eigenvalue weighted by molar-refractivity contribution is 5.14. The molecule has 0 aliphatic heterocycles. The van der Waals surface area contributed by atoms with E-state index in [0.29, 0.717) is 5.69 Å². The summed E-state index contributed by atoms with van der Waals surface area (Å²) in [6.07, 6.45) is 2.54. The van der Waals surface area contributed by atoms with E-state index in [4.69, 9.17) is 0 Å². The Morgan fingerprint density at radius 3 is 2.73 bits per heavy atom. The van der Waals surface area contributed by atoms with Gasteiger partial charge in [0.05, 0.1) is 5.69 Å². The molecule has 0 fully saturated rings. The topological polar surface area (TPSA) is 24.9 Å². The Labute approximate surface area is 90.9 Å². The minimum absolute atomic E-state index is 0.145. The van der Waals surface area contributed by atoms with Crippen LogP contribution in [0.3, 0.4) is 0 Å². The van der Waals surface area contributed by atoms with Crippen LogP contribution < -0.4 is 5.32 Å². The van der Waals surface area contributed by atoms with Crippen molar-refractivity contribution in [3.63, 3.8) is 0 Å². The molecule has 0 radical (unpaired) electrons. The van der Waals surface area contributed by atoms with Crippen molar-refractivity contribution in [1.29, 1.82) is 0 Å². The molecule has 1 rings (SSSR count). The van der Waals surface area contributed by atoms with Gasteiger partial charge in [0.1, 0.15) is 5.82 Å². The third-order valence-corrected chi connectivity index (χ3v) is 2.71. The quantitative estimate of drug-likeness (QED) is 0.808. The summed E-state index contributed by atoms with van der Waals surface area (Å²) in [6.45, 7) is 7.09. The summed E-state index contributed by atoms with van der Waals surface area (Å²) in [6, 6.07) is 3.36. The summed E-state index contributed by atoms with van der Waals surface area (Å²) in [7, 11) is 0. The van der Waals surface area contributed by atoms with Gasteiger partial charge in [0.25, 0.3) is 0 Å². The van der Waals surface area contributed by atoms with Crippen LogP contribution in [-0.2, 0) is 0 Å². The summed E-state index contributed by atoms with van der Waals surface area (Å²) >= 11 is 0. The maximum atomic E-state index is 13.5. The molecule has 0 amide bonds. The molecule has 84 valence electrons. The molecule has 0 saturated carbocycles. The number of hydrogen-bond donors (Lipinski definition) is 1. The summed E-state index contributed by atoms with van der Waals surface area (Å²) in [5, 5.41) is 3.32. The summed E-state index contributed by atoms with van der Waals surface area (Å²) in [5.41, 5.74) is 0.577. The van der Waals surface area contributed by atoms with Gasteiger partial charge < -0.3 is 5.32 Å². The zero-order chi connectivity index (χ0) is 11.3. The van der Waals surface area contributed by atoms with Crippen molar-refractivity contribution in [2.24, 2.45) is 0 Å². The first-order valence-corrected chi connectivity index (χ1v) is 5.54. The second-order valence-electron chi connectivity index (χ2n) is 3.73. The van der Waals surface area contributed by atoms with Crippen LogP contribution in [-0.4, -0.2) is 17.6 Å². The number of nitrogens with one attached hydrogen (secondary N) is 1. The highest BCUT2D eigenvalue weighted by Gasteiger charge is 2.20. The van der Waals surface area contributed by atoms with E-state index in [1.165, 1.54) is 6.07 Å². The van der Waals surface area contributed by atoms with Crippen LogP contribution in [0.15, 0.2) is 18.3 Å². The molecule has 2 atom stereocenters. The van der Waals surface area contributed by atoms with Crippen molar-refractivity contribution in [3.05, 3.63) is 29.8 Å². The highest BCUT2D eigenvalue weighted by atomic mass is 19.1. The first-order valence-electron chi connectivity index (χ1n) is 5.54. The molecule has 0 aliphatic rings. The molecule has 0 bridgehead atoms. The normalized spacial score (nSPS) is 14.9. The number of hydrogen-bond acceptors (Lipinski definition) is 2. The van der Waals surface area contributed by atoms with Gasteiger partial charge in [0.15, 0.2) is 0 Å². The van der Waals surface area contributed by atoms with Gasteiger partial charge in [0, 0.05) is 18.2 Å². The monoisotopic (exact) mass is 210 g/mol. The summed E-state index contributed by atoms with van der Waals surface area (Å²) < 4.78 is 13.5. The predicted octanol–water partition coefficient (Wildman–Crippen LogP) is 2.71. The lowest BCUT2D eigenvalue weighted by Gasteiger charge is -2.23. The van der Waals surface area contributed by atoms with Crippen LogP contribution in [0.4, 0.5) is 4.39 Å². The van der Waals surface area contributed by atoms with Crippen molar-refractivity contribution < 1.29 is 4.39 Å². The van der Waals surface area contributed by atoms with E-state index in [0.717, 1.165) is 13.0 Å². The van der Waals surface area contributed by atoms with Gasteiger partial charge >= 0.3 is 0 Å². The molecule has 2 nitrogen and oxygen atoms in total. The van der Waals surface area contributed by atoms with Gasteiger partial charge in [-0.15, -0.1) is 0 Å². The molecule has 1 N–H and O–H groups in total. The van der Waals surface area contributed by atoms with Gasteiger partial charge in [0.2, 0.25) is 0 Å². The second-order valence-corrected chi connectivity index (χ2v) is 3.73. The molecule has 0 saturated heterocycles. The van der Waals surface area contributed by atoms with Crippen molar-refractivity contribution in [2.45, 2.75) is 39.2 Å². The van der Waals surface area contributed by atoms with Crippen molar-refractivity contribution >= 4 is 0 Å². The molecule has 0 spiro atoms. The van der Waals surface area contributed by atoms with E-state index in [9.17, 15) is 4.39 Å². The fourth-order valence-electron chi connectivity index (χ4n) is 1.92. The van der Waals surface area contributed by atoms with Gasteiger partial charge in [-0.3, -0.25) is 4.98 Å². The van der Waals surface area contributed by atoms with Gasteiger partial charge in [-0.2, -0.15) is 0 Å². The molecule has 0 aromatic carbocycles. The average Bonchev–Trinajstić information content (AvgIpc) is 2.22. The minimum atomic E-state index is -0.200. The van der Waals surface area contributed by atoms with Crippen LogP contribution in [0, 0.1) is 5.82 Å². The van der Waals surface area contributed by atoms with Crippen LogP contribution in [0.2, 0.25) is 0 Å². The first-order chi connectivity index (χ1) is 7.20. The minimum Gasteiger partial charge on any atom is -0.314 e. The lowest BCUT2D eigenvalue weighted by atomic mass is 9.93. The maximum absolute atomic E-state index is 13.5. The number of likely N-dealkylation sites (N-methyl/N-ethyl adjacent to an activating group) is 1. The Morgan fingerprint density at radius 2 is 2.20 bits per heavy atom. The maximum Gasteiger partial charge on any atom is 0.145 e. The Balaban J connectivity index is 2.87. The Hall–Kier alpha value is -0.960. The SMILES string of the molecule is CCNC(C)C(CC)c1ncccc1F. The largest absolute Gasteiger partial charge is 0.314 e. The van der Waals surface area contributed by atoms with Gasteiger partial charge in [-0.05, 0) is 32.0 Å². The van der Waals surface area contributed by atoms with Crippen molar-refractivity contribution in [3.8, 4) is 0 Å². The van der Waals surface area contributed by atoms with E-state index in [2.05, 4.69) is 31.1 Å². The zero-order valence-electron chi connectivity index (χ0n) is 9.63. The molecule has 3 heteroatoms. The van der Waals surface area contributed by atoms with Gasteiger partial charge in [-0.25, -0.2) is 4.39 Å². The fraction of sp³-hybridized carbons (Fsp3) is 0.583. The van der Waals surface area contributed by atoms with E-state index >= 15 is 0 Å². The zero-order valence-corrected chi connectivity index (χ0v) is 9.63. The van der Waals surface area contributed by atoms with Gasteiger partial charge in [-0.1, -0.05) is 13.8 Å². The predicted molar refractivity (Wildman–Crippen MR) is 60.4 cm³/mol. The number of rotatable bonds is 5. The van der Waals surface area contributed by atoms with Crippen LogP contribution in [0.25, 0.3) is 0 Å². The van der Waals surface area contributed by atoms with E-state index in [1.54, 1.807) is 12.3 Å². The molecular weight excluding hydrogens is 191 g/mol. The Morgan fingerprint density at radius 1 is 1.47 bits per heavy atom. The van der Waals surface area contributed by atoms with E-state index < -0.39 is 0 Å². The lowest BCUT2D eigenvalue weighted by molar-refractivity contribution is 0.434. The fourth-order valence-corrected chi connectivity index (χ4v) is 1.92. The molecule has 2 unspecified atom stereocenters. The van der Waals surface area contributed by atoms with Crippen LogP contribution in [0.5, 0.6) is 0 Å². The molecule has 0 aliphatic carbocycles. The summed E-state index contributed by atoms with van der Waals surface area (Å²) in [4.78, 5) is 4.14. The first kappa shape index (κ1) is 12.1. The number of pyridine rings is 1. The number of halogens is 1. The number of nitrogens with zero attached hydrogens (tertiary/aromatic N) is 1. The third-order valence-electron chi connectivity index (χ3n) is 2.71. The van der Waals surface area contributed by atoms with Crippen molar-refractivity contribution in [2.75, 3.05) is 6.54 Å². The molecule has 1 aromatic heterocycles. The smallest absolute Gasteiger partial charge is 0.145 e. The van der Waals surface area contributed by atoms with E-state index in [-0.39, 0.29) is 17.8 Å². The Bertz CT molecular complexity index is 301. The standard InChI is InChI=1S/C12H19FN2/c1-4-10(9(3)14-5-2)12-11(13)7-6-8-15-12/h6-10,14H,4-5H2,1-3H3. The molecule has 1 heterocycles. The van der Waals surface area contributed by atoms with Crippen LogP contribution >= 0.6 is 0 Å².